The third-order valence-electron chi connectivity index (χ3n) is 3.44. The van der Waals surface area contributed by atoms with Crippen molar-refractivity contribution in [3.8, 4) is 0 Å². The van der Waals surface area contributed by atoms with E-state index >= 15 is 0 Å². The Morgan fingerprint density at radius 2 is 1.82 bits per heavy atom. The van der Waals surface area contributed by atoms with E-state index in [4.69, 9.17) is 0 Å². The molecule has 0 radical (unpaired) electrons. The fraction of sp³-hybridized carbons (Fsp3) is 0.533. The average Bonchev–Trinajstić information content (AvgIpc) is 2.80. The lowest BCUT2D eigenvalue weighted by Crippen LogP contribution is -2.20. The number of hydrogen-bond acceptors (Lipinski definition) is 2. The topological polar surface area (TPSA) is 20.3 Å². The Bertz CT molecular complexity index is 411. The smallest absolute Gasteiger partial charge is 0.150 e. The molecule has 0 N–H and O–H groups in total. The first kappa shape index (κ1) is 12.2. The van der Waals surface area contributed by atoms with Gasteiger partial charge in [-0.2, -0.15) is 0 Å². The monoisotopic (exact) mass is 231 g/mol. The van der Waals surface area contributed by atoms with Crippen LogP contribution in [0.5, 0.6) is 0 Å². The summed E-state index contributed by atoms with van der Waals surface area (Å²) in [5.74, 6) is 0. The maximum atomic E-state index is 11.1. The van der Waals surface area contributed by atoms with Crippen molar-refractivity contribution in [2.24, 2.45) is 0 Å². The van der Waals surface area contributed by atoms with Crippen LogP contribution in [0.1, 0.15) is 49.5 Å². The van der Waals surface area contributed by atoms with Gasteiger partial charge >= 0.3 is 0 Å². The highest BCUT2D eigenvalue weighted by molar-refractivity contribution is 5.79. The van der Waals surface area contributed by atoms with Crippen molar-refractivity contribution in [3.63, 3.8) is 0 Å². The Hall–Kier alpha value is -1.31. The molecule has 0 saturated carbocycles. The first-order chi connectivity index (χ1) is 8.02. The maximum Gasteiger partial charge on any atom is 0.150 e. The Morgan fingerprint density at radius 1 is 1.18 bits per heavy atom. The standard InChI is InChI=1S/C15H21NO/c1-15(2,3)14-10-13(7-6-12(14)11-17)16-8-4-5-9-16/h6-7,10-11H,4-5,8-9H2,1-3H3. The molecule has 0 bridgehead atoms. The summed E-state index contributed by atoms with van der Waals surface area (Å²) in [7, 11) is 0. The summed E-state index contributed by atoms with van der Waals surface area (Å²) in [6, 6.07) is 6.22. The number of carbonyl (C=O) groups is 1. The molecule has 0 spiro atoms. The Balaban J connectivity index is 2.40. The quantitative estimate of drug-likeness (QED) is 0.727. The zero-order valence-corrected chi connectivity index (χ0v) is 11.0. The van der Waals surface area contributed by atoms with E-state index in [2.05, 4.69) is 37.8 Å². The van der Waals surface area contributed by atoms with E-state index in [-0.39, 0.29) is 5.41 Å². The normalized spacial score (nSPS) is 16.3. The minimum atomic E-state index is 0.0198. The maximum absolute atomic E-state index is 11.1. The summed E-state index contributed by atoms with van der Waals surface area (Å²) in [5.41, 5.74) is 3.25. The van der Waals surface area contributed by atoms with Crippen LogP contribution in [-0.2, 0) is 5.41 Å². The minimum Gasteiger partial charge on any atom is -0.372 e. The molecule has 1 fully saturated rings. The zero-order valence-electron chi connectivity index (χ0n) is 11.0. The first-order valence-corrected chi connectivity index (χ1v) is 6.37. The van der Waals surface area contributed by atoms with Crippen molar-refractivity contribution in [1.82, 2.24) is 0 Å². The van der Waals surface area contributed by atoms with E-state index in [0.717, 1.165) is 30.5 Å². The molecule has 2 heteroatoms. The predicted molar refractivity (Wildman–Crippen MR) is 72.0 cm³/mol. The molecular weight excluding hydrogens is 210 g/mol. The molecule has 0 aliphatic carbocycles. The molecule has 1 heterocycles. The van der Waals surface area contributed by atoms with E-state index in [1.807, 2.05) is 6.07 Å². The van der Waals surface area contributed by atoms with Crippen LogP contribution in [0.3, 0.4) is 0 Å². The van der Waals surface area contributed by atoms with Gasteiger partial charge in [0.15, 0.2) is 0 Å². The fourth-order valence-electron chi connectivity index (χ4n) is 2.47. The van der Waals surface area contributed by atoms with Gasteiger partial charge < -0.3 is 4.90 Å². The van der Waals surface area contributed by atoms with Gasteiger partial charge in [0.1, 0.15) is 6.29 Å². The van der Waals surface area contributed by atoms with Crippen LogP contribution in [0.2, 0.25) is 0 Å². The van der Waals surface area contributed by atoms with Gasteiger partial charge in [0.25, 0.3) is 0 Å². The first-order valence-electron chi connectivity index (χ1n) is 6.37. The number of anilines is 1. The average molecular weight is 231 g/mol. The summed E-state index contributed by atoms with van der Waals surface area (Å²) in [5, 5.41) is 0. The van der Waals surface area contributed by atoms with Crippen molar-refractivity contribution in [2.75, 3.05) is 18.0 Å². The van der Waals surface area contributed by atoms with Crippen LogP contribution in [-0.4, -0.2) is 19.4 Å². The SMILES string of the molecule is CC(C)(C)c1cc(N2CCCC2)ccc1C=O. The lowest BCUT2D eigenvalue weighted by Gasteiger charge is -2.25. The lowest BCUT2D eigenvalue weighted by molar-refractivity contribution is 0.112. The highest BCUT2D eigenvalue weighted by Gasteiger charge is 2.20. The Morgan fingerprint density at radius 3 is 2.35 bits per heavy atom. The van der Waals surface area contributed by atoms with E-state index < -0.39 is 0 Å². The van der Waals surface area contributed by atoms with Crippen molar-refractivity contribution in [1.29, 1.82) is 0 Å². The van der Waals surface area contributed by atoms with Gasteiger partial charge in [-0.1, -0.05) is 20.8 Å². The minimum absolute atomic E-state index is 0.0198. The van der Waals surface area contributed by atoms with Crippen LogP contribution < -0.4 is 4.90 Å². The number of nitrogens with zero attached hydrogens (tertiary/aromatic N) is 1. The molecule has 0 amide bonds. The summed E-state index contributed by atoms with van der Waals surface area (Å²) in [6.45, 7) is 8.75. The predicted octanol–water partition coefficient (Wildman–Crippen LogP) is 3.40. The number of carbonyl (C=O) groups excluding carboxylic acids is 1. The van der Waals surface area contributed by atoms with Gasteiger partial charge in [0.2, 0.25) is 0 Å². The number of rotatable bonds is 2. The van der Waals surface area contributed by atoms with Gasteiger partial charge in [0, 0.05) is 24.3 Å². The third kappa shape index (κ3) is 2.51. The van der Waals surface area contributed by atoms with Crippen molar-refractivity contribution < 1.29 is 4.79 Å². The second kappa shape index (κ2) is 4.52. The van der Waals surface area contributed by atoms with Crippen LogP contribution >= 0.6 is 0 Å². The molecular formula is C15H21NO. The molecule has 1 aliphatic rings. The van der Waals surface area contributed by atoms with Crippen molar-refractivity contribution in [2.45, 2.75) is 39.0 Å². The second-order valence-electron chi connectivity index (χ2n) is 5.83. The van der Waals surface area contributed by atoms with Crippen LogP contribution in [0.25, 0.3) is 0 Å². The van der Waals surface area contributed by atoms with E-state index in [1.165, 1.54) is 18.5 Å². The summed E-state index contributed by atoms with van der Waals surface area (Å²) >= 11 is 0. The molecule has 1 aliphatic heterocycles. The Kier molecular flexibility index (Phi) is 3.23. The molecule has 0 unspecified atom stereocenters. The molecule has 2 rings (SSSR count). The number of aldehydes is 1. The van der Waals surface area contributed by atoms with E-state index in [9.17, 15) is 4.79 Å². The summed E-state index contributed by atoms with van der Waals surface area (Å²) < 4.78 is 0. The van der Waals surface area contributed by atoms with Gasteiger partial charge in [-0.05, 0) is 42.0 Å². The second-order valence-corrected chi connectivity index (χ2v) is 5.83. The highest BCUT2D eigenvalue weighted by Crippen LogP contribution is 2.30. The molecule has 0 atom stereocenters. The third-order valence-corrected chi connectivity index (χ3v) is 3.44. The molecule has 1 aromatic rings. The van der Waals surface area contributed by atoms with Crippen LogP contribution in [0.4, 0.5) is 5.69 Å². The fourth-order valence-corrected chi connectivity index (χ4v) is 2.47. The Labute approximate surface area is 104 Å². The van der Waals surface area contributed by atoms with Crippen LogP contribution in [0, 0.1) is 0 Å². The van der Waals surface area contributed by atoms with Gasteiger partial charge in [-0.15, -0.1) is 0 Å². The van der Waals surface area contributed by atoms with Crippen LogP contribution in [0.15, 0.2) is 18.2 Å². The zero-order chi connectivity index (χ0) is 12.5. The van der Waals surface area contributed by atoms with Crippen molar-refractivity contribution >= 4 is 12.0 Å². The van der Waals surface area contributed by atoms with Gasteiger partial charge in [-0.25, -0.2) is 0 Å². The van der Waals surface area contributed by atoms with Gasteiger partial charge in [0.05, 0.1) is 0 Å². The molecule has 2 nitrogen and oxygen atoms in total. The highest BCUT2D eigenvalue weighted by atomic mass is 16.1. The summed E-state index contributed by atoms with van der Waals surface area (Å²) in [6.07, 6.45) is 3.52. The molecule has 1 saturated heterocycles. The van der Waals surface area contributed by atoms with Crippen molar-refractivity contribution in [3.05, 3.63) is 29.3 Å². The number of hydrogen-bond donors (Lipinski definition) is 0. The lowest BCUT2D eigenvalue weighted by atomic mass is 9.83. The van der Waals surface area contributed by atoms with E-state index in [0.29, 0.717) is 0 Å². The summed E-state index contributed by atoms with van der Waals surface area (Å²) in [4.78, 5) is 13.5. The number of benzene rings is 1. The van der Waals surface area contributed by atoms with Gasteiger partial charge in [-0.3, -0.25) is 4.79 Å². The van der Waals surface area contributed by atoms with E-state index in [1.54, 1.807) is 0 Å². The molecule has 17 heavy (non-hydrogen) atoms. The molecule has 92 valence electrons. The largest absolute Gasteiger partial charge is 0.372 e. The molecule has 1 aromatic carbocycles. The molecule has 0 aromatic heterocycles.